The standard InChI is InChI=1S/C20H23N3O2S/c24-23-10-12-5-13(11-23)7-16(6-12)19(23)25-20-22-9-18(26-20)15-1-2-17-14(8-15)3-4-21-17/h1-2,8-9,12-13,16,19,21H,3-7,10-11H2. The molecular weight excluding hydrogens is 346 g/mol. The fourth-order valence-electron chi connectivity index (χ4n) is 5.89. The molecule has 2 aromatic rings. The average Bonchev–Trinajstić information content (AvgIpc) is 3.25. The maximum Gasteiger partial charge on any atom is 0.278 e. The summed E-state index contributed by atoms with van der Waals surface area (Å²) in [6, 6.07) is 6.54. The summed E-state index contributed by atoms with van der Waals surface area (Å²) < 4.78 is 6.10. The Kier molecular flexibility index (Phi) is 3.23. The molecule has 0 radical (unpaired) electrons. The van der Waals surface area contributed by atoms with Crippen molar-refractivity contribution in [2.75, 3.05) is 25.0 Å². The first-order valence-electron chi connectivity index (χ1n) is 9.74. The Balaban J connectivity index is 1.25. The summed E-state index contributed by atoms with van der Waals surface area (Å²) in [7, 11) is 0. The van der Waals surface area contributed by atoms with Gasteiger partial charge >= 0.3 is 0 Å². The number of anilines is 1. The molecule has 4 aliphatic heterocycles. The van der Waals surface area contributed by atoms with E-state index in [1.165, 1.54) is 36.1 Å². The van der Waals surface area contributed by atoms with Crippen LogP contribution in [0.2, 0.25) is 0 Å². The number of benzene rings is 1. The zero-order valence-corrected chi connectivity index (χ0v) is 15.5. The molecule has 1 saturated carbocycles. The van der Waals surface area contributed by atoms with E-state index in [0.717, 1.165) is 30.9 Å². The van der Waals surface area contributed by atoms with Crippen LogP contribution in [0.1, 0.15) is 24.8 Å². The highest BCUT2D eigenvalue weighted by Gasteiger charge is 2.55. The minimum atomic E-state index is -0.244. The van der Waals surface area contributed by atoms with E-state index < -0.39 is 0 Å². The normalized spacial score (nSPS) is 36.8. The third-order valence-electron chi connectivity index (χ3n) is 6.75. The van der Waals surface area contributed by atoms with Crippen LogP contribution in [0.3, 0.4) is 0 Å². The van der Waals surface area contributed by atoms with E-state index >= 15 is 0 Å². The molecule has 0 spiro atoms. The van der Waals surface area contributed by atoms with E-state index in [0.29, 0.717) is 22.9 Å². The smallest absolute Gasteiger partial charge is 0.278 e. The van der Waals surface area contributed by atoms with Gasteiger partial charge in [-0.1, -0.05) is 17.4 Å². The van der Waals surface area contributed by atoms with Crippen LogP contribution in [0.25, 0.3) is 10.4 Å². The summed E-state index contributed by atoms with van der Waals surface area (Å²) in [5.74, 6) is 1.66. The first kappa shape index (κ1) is 15.4. The second-order valence-corrected chi connectivity index (χ2v) is 9.56. The molecule has 3 unspecified atom stereocenters. The highest BCUT2D eigenvalue weighted by atomic mass is 32.1. The minimum absolute atomic E-state index is 0.139. The molecule has 4 bridgehead atoms. The van der Waals surface area contributed by atoms with E-state index in [1.807, 2.05) is 6.20 Å². The summed E-state index contributed by atoms with van der Waals surface area (Å²) in [6.07, 6.45) is 6.32. The van der Waals surface area contributed by atoms with Crippen molar-refractivity contribution in [1.82, 2.24) is 4.98 Å². The Bertz CT molecular complexity index is 852. The predicted octanol–water partition coefficient (Wildman–Crippen LogP) is 3.86. The van der Waals surface area contributed by atoms with Crippen molar-refractivity contribution in [2.24, 2.45) is 17.8 Å². The fourth-order valence-corrected chi connectivity index (χ4v) is 6.68. The molecule has 3 saturated heterocycles. The summed E-state index contributed by atoms with van der Waals surface area (Å²) >= 11 is 1.57. The third kappa shape index (κ3) is 2.32. The molecule has 1 N–H and O–H groups in total. The highest BCUT2D eigenvalue weighted by molar-refractivity contribution is 7.16. The van der Waals surface area contributed by atoms with Gasteiger partial charge in [-0.15, -0.1) is 0 Å². The van der Waals surface area contributed by atoms with Gasteiger partial charge in [-0.3, -0.25) is 0 Å². The quantitative estimate of drug-likeness (QED) is 0.659. The zero-order chi connectivity index (χ0) is 17.3. The van der Waals surface area contributed by atoms with Crippen molar-refractivity contribution in [3.8, 4) is 15.6 Å². The highest BCUT2D eigenvalue weighted by Crippen LogP contribution is 2.51. The first-order valence-corrected chi connectivity index (χ1v) is 10.6. The average molecular weight is 369 g/mol. The van der Waals surface area contributed by atoms with Crippen molar-refractivity contribution in [1.29, 1.82) is 0 Å². The molecule has 26 heavy (non-hydrogen) atoms. The van der Waals surface area contributed by atoms with Gasteiger partial charge in [-0.05, 0) is 48.9 Å². The van der Waals surface area contributed by atoms with Crippen LogP contribution in [0.4, 0.5) is 5.69 Å². The Labute approximate surface area is 157 Å². The predicted molar refractivity (Wildman–Crippen MR) is 102 cm³/mol. The zero-order valence-electron chi connectivity index (χ0n) is 14.7. The number of quaternary nitrogens is 1. The monoisotopic (exact) mass is 369 g/mol. The number of nitrogens with zero attached hydrogens (tertiary/aromatic N) is 2. The molecule has 5 aliphatic rings. The number of hydroxylamine groups is 3. The van der Waals surface area contributed by atoms with E-state index in [-0.39, 0.29) is 10.9 Å². The van der Waals surface area contributed by atoms with Crippen molar-refractivity contribution in [2.45, 2.75) is 31.9 Å². The second-order valence-electron chi connectivity index (χ2n) is 8.56. The van der Waals surface area contributed by atoms with Crippen LogP contribution in [0.15, 0.2) is 24.4 Å². The maximum atomic E-state index is 13.3. The van der Waals surface area contributed by atoms with Crippen LogP contribution >= 0.6 is 11.3 Å². The van der Waals surface area contributed by atoms with Gasteiger partial charge < -0.3 is 19.9 Å². The Morgan fingerprint density at radius 3 is 2.85 bits per heavy atom. The summed E-state index contributed by atoms with van der Waals surface area (Å²) in [6.45, 7) is 2.51. The van der Waals surface area contributed by atoms with Crippen LogP contribution in [0, 0.1) is 23.0 Å². The van der Waals surface area contributed by atoms with Crippen LogP contribution < -0.4 is 10.1 Å². The number of aromatic nitrogens is 1. The lowest BCUT2D eigenvalue weighted by Crippen LogP contribution is -2.70. The summed E-state index contributed by atoms with van der Waals surface area (Å²) in [4.78, 5) is 5.62. The van der Waals surface area contributed by atoms with E-state index in [1.54, 1.807) is 11.3 Å². The minimum Gasteiger partial charge on any atom is -0.630 e. The lowest BCUT2D eigenvalue weighted by Gasteiger charge is -2.63. The molecule has 3 atom stereocenters. The van der Waals surface area contributed by atoms with Gasteiger partial charge in [0.05, 0.1) is 23.9 Å². The lowest BCUT2D eigenvalue weighted by atomic mass is 9.67. The van der Waals surface area contributed by atoms with Crippen molar-refractivity contribution in [3.63, 3.8) is 0 Å². The fraction of sp³-hybridized carbons (Fsp3) is 0.550. The van der Waals surface area contributed by atoms with E-state index in [4.69, 9.17) is 4.74 Å². The van der Waals surface area contributed by atoms with Crippen LogP contribution in [-0.4, -0.2) is 35.5 Å². The number of hydrogen-bond acceptors (Lipinski definition) is 5. The number of rotatable bonds is 3. The van der Waals surface area contributed by atoms with Crippen LogP contribution in [0.5, 0.6) is 5.19 Å². The van der Waals surface area contributed by atoms with Gasteiger partial charge in [0.1, 0.15) is 0 Å². The summed E-state index contributed by atoms with van der Waals surface area (Å²) in [5.41, 5.74) is 3.81. The van der Waals surface area contributed by atoms with Crippen molar-refractivity contribution >= 4 is 17.0 Å². The number of ether oxygens (including phenoxy) is 1. The molecule has 136 valence electrons. The first-order chi connectivity index (χ1) is 12.7. The molecule has 1 aliphatic carbocycles. The number of thiazole rings is 1. The van der Waals surface area contributed by atoms with Gasteiger partial charge in [0.15, 0.2) is 0 Å². The molecule has 5 heterocycles. The van der Waals surface area contributed by atoms with Crippen molar-refractivity contribution in [3.05, 3.63) is 35.2 Å². The van der Waals surface area contributed by atoms with Gasteiger partial charge in [-0.25, -0.2) is 4.98 Å². The molecule has 7 rings (SSSR count). The topological polar surface area (TPSA) is 57.2 Å². The number of piperidine rings is 3. The lowest BCUT2D eigenvalue weighted by molar-refractivity contribution is -0.952. The van der Waals surface area contributed by atoms with Gasteiger partial charge in [0.2, 0.25) is 6.23 Å². The SMILES string of the molecule is [O-][N+]12CC3CC(CC(C3)C1Oc1ncc(-c3ccc4c(c3)CCN4)s1)C2. The molecule has 4 fully saturated rings. The molecular formula is C20H23N3O2S. The van der Waals surface area contributed by atoms with Crippen LogP contribution in [-0.2, 0) is 6.42 Å². The van der Waals surface area contributed by atoms with Gasteiger partial charge in [0, 0.05) is 30.3 Å². The third-order valence-corrected chi connectivity index (χ3v) is 7.68. The van der Waals surface area contributed by atoms with E-state index in [9.17, 15) is 5.21 Å². The number of nitrogens with one attached hydrogen (secondary N) is 1. The van der Waals surface area contributed by atoms with E-state index in [2.05, 4.69) is 28.5 Å². The van der Waals surface area contributed by atoms with Gasteiger partial charge in [0.25, 0.3) is 5.19 Å². The molecule has 6 heteroatoms. The molecule has 0 amide bonds. The van der Waals surface area contributed by atoms with Gasteiger partial charge in [-0.2, -0.15) is 0 Å². The Morgan fingerprint density at radius 2 is 2.04 bits per heavy atom. The number of fused-ring (bicyclic) bond motifs is 1. The Morgan fingerprint density at radius 1 is 1.19 bits per heavy atom. The summed E-state index contributed by atoms with van der Waals surface area (Å²) in [5, 5.41) is 17.4. The largest absolute Gasteiger partial charge is 0.630 e. The maximum absolute atomic E-state index is 13.3. The molecule has 1 aromatic carbocycles. The van der Waals surface area contributed by atoms with Crippen molar-refractivity contribution < 1.29 is 9.38 Å². The molecule has 1 aromatic heterocycles. The molecule has 5 nitrogen and oxygen atoms in total. The Hall–Kier alpha value is -1.63. The second kappa shape index (κ2) is 5.44. The number of hydrogen-bond donors (Lipinski definition) is 1.